The van der Waals surface area contributed by atoms with Gasteiger partial charge in [-0.1, -0.05) is 12.1 Å². The van der Waals surface area contributed by atoms with Crippen LogP contribution in [0.5, 0.6) is 0 Å². The topological polar surface area (TPSA) is 40.2 Å². The Balaban J connectivity index is 0.000000385. The molecule has 0 saturated heterocycles. The number of halogens is 4. The molecule has 0 aliphatic heterocycles. The third kappa shape index (κ3) is 7.61. The highest BCUT2D eigenvalue weighted by Crippen LogP contribution is 2.23. The first-order chi connectivity index (χ1) is 7.38. The van der Waals surface area contributed by atoms with Gasteiger partial charge in [0.05, 0.1) is 0 Å². The molecule has 0 heterocycles. The fourth-order valence-corrected chi connectivity index (χ4v) is 0.901. The third-order valence-corrected chi connectivity index (χ3v) is 1.38. The van der Waals surface area contributed by atoms with E-state index in [0.717, 1.165) is 12.2 Å². The van der Waals surface area contributed by atoms with Gasteiger partial charge in [-0.05, 0) is 13.0 Å². The van der Waals surface area contributed by atoms with Crippen LogP contribution in [0.2, 0.25) is 0 Å². The zero-order valence-electron chi connectivity index (χ0n) is 8.50. The molecule has 1 aromatic carbocycles. The summed E-state index contributed by atoms with van der Waals surface area (Å²) in [6.45, 7) is 2.82. The number of hydrogen-bond donors (Lipinski definition) is 1. The quantitative estimate of drug-likeness (QED) is 0.479. The lowest BCUT2D eigenvalue weighted by Gasteiger charge is -1.96. The average molecular weight is 235 g/mol. The maximum Gasteiger partial charge on any atom is 0.673 e. The Morgan fingerprint density at radius 3 is 2.19 bits per heavy atom. The molecule has 0 aliphatic rings. The van der Waals surface area contributed by atoms with Crippen molar-refractivity contribution in [2.24, 2.45) is 0 Å². The average Bonchev–Trinajstić information content (AvgIpc) is 2.16. The molecule has 16 heavy (non-hydrogen) atoms. The number of nitrogens with zero attached hydrogens (tertiary/aromatic N) is 2. The van der Waals surface area contributed by atoms with Gasteiger partial charge in [0.15, 0.2) is 4.98 Å². The second-order valence-electron chi connectivity index (χ2n) is 2.64. The molecule has 0 radical (unpaired) electrons. The van der Waals surface area contributed by atoms with Crippen molar-refractivity contribution < 1.29 is 17.3 Å². The van der Waals surface area contributed by atoms with E-state index in [1.807, 2.05) is 25.1 Å². The van der Waals surface area contributed by atoms with Crippen LogP contribution in [-0.4, -0.2) is 13.8 Å². The van der Waals surface area contributed by atoms with Gasteiger partial charge in [0, 0.05) is 12.6 Å². The molecular formula is C8H10BF4N3. The number of rotatable bonds is 2. The highest BCUT2D eigenvalue weighted by atomic mass is 19.5. The molecule has 0 bridgehead atoms. The van der Waals surface area contributed by atoms with Crippen LogP contribution in [0.3, 0.4) is 0 Å². The zero-order valence-corrected chi connectivity index (χ0v) is 8.50. The molecule has 3 nitrogen and oxygen atoms in total. The summed E-state index contributed by atoms with van der Waals surface area (Å²) in [6.07, 6.45) is 0. The van der Waals surface area contributed by atoms with E-state index in [2.05, 4.69) is 10.3 Å². The lowest BCUT2D eigenvalue weighted by Crippen LogP contribution is -2.02. The maximum absolute atomic E-state index is 9.75. The SMILES string of the molecule is CCNc1ccccc1[N+]#N.F[B-](F)(F)F. The lowest BCUT2D eigenvalue weighted by molar-refractivity contribution is 0.368. The molecule has 1 aromatic rings. The van der Waals surface area contributed by atoms with Crippen LogP contribution in [0.1, 0.15) is 6.92 Å². The highest BCUT2D eigenvalue weighted by Gasteiger charge is 2.20. The standard InChI is InChI=1S/C8H10N3.BF4/c1-2-10-7-5-3-4-6-8(7)11-9;2-1(3,4)5/h3-6,10H,2H2,1H3;/q+1;-1. The molecule has 0 amide bonds. The monoisotopic (exact) mass is 235 g/mol. The normalized spacial score (nSPS) is 9.75. The van der Waals surface area contributed by atoms with Crippen molar-refractivity contribution in [1.29, 1.82) is 5.39 Å². The molecule has 8 heteroatoms. The second-order valence-corrected chi connectivity index (χ2v) is 2.64. The molecule has 88 valence electrons. The Labute approximate surface area is 90.2 Å². The molecule has 0 atom stereocenters. The van der Waals surface area contributed by atoms with Crippen molar-refractivity contribution in [3.05, 3.63) is 29.2 Å². The summed E-state index contributed by atoms with van der Waals surface area (Å²) in [7, 11) is -6.00. The van der Waals surface area contributed by atoms with E-state index < -0.39 is 7.25 Å². The summed E-state index contributed by atoms with van der Waals surface area (Å²) in [6, 6.07) is 7.35. The molecule has 0 spiro atoms. The molecule has 0 aliphatic carbocycles. The first-order valence-corrected chi connectivity index (χ1v) is 4.43. The molecule has 0 unspecified atom stereocenters. The number of nitrogens with one attached hydrogen (secondary N) is 1. The van der Waals surface area contributed by atoms with Crippen molar-refractivity contribution >= 4 is 18.6 Å². The van der Waals surface area contributed by atoms with Crippen LogP contribution in [-0.2, 0) is 0 Å². The molecular weight excluding hydrogens is 225 g/mol. The predicted octanol–water partition coefficient (Wildman–Crippen LogP) is 3.90. The van der Waals surface area contributed by atoms with Crippen LogP contribution in [0.4, 0.5) is 28.6 Å². The minimum Gasteiger partial charge on any atom is -0.418 e. The number of benzene rings is 1. The van der Waals surface area contributed by atoms with E-state index in [-0.39, 0.29) is 0 Å². The van der Waals surface area contributed by atoms with Crippen LogP contribution >= 0.6 is 0 Å². The van der Waals surface area contributed by atoms with Gasteiger partial charge in [0.2, 0.25) is 5.39 Å². The van der Waals surface area contributed by atoms with Gasteiger partial charge >= 0.3 is 12.9 Å². The molecule has 1 N–H and O–H groups in total. The van der Waals surface area contributed by atoms with Crippen LogP contribution in [0.25, 0.3) is 4.98 Å². The number of para-hydroxylation sites is 1. The first kappa shape index (κ1) is 14.2. The third-order valence-electron chi connectivity index (χ3n) is 1.38. The van der Waals surface area contributed by atoms with Crippen LogP contribution in [0, 0.1) is 5.39 Å². The van der Waals surface area contributed by atoms with Crippen LogP contribution < -0.4 is 5.32 Å². The van der Waals surface area contributed by atoms with Crippen molar-refractivity contribution in [3.8, 4) is 0 Å². The Morgan fingerprint density at radius 2 is 1.75 bits per heavy atom. The van der Waals surface area contributed by atoms with E-state index in [1.54, 1.807) is 6.07 Å². The van der Waals surface area contributed by atoms with Crippen molar-refractivity contribution in [2.75, 3.05) is 11.9 Å². The maximum atomic E-state index is 9.75. The highest BCUT2D eigenvalue weighted by molar-refractivity contribution is 6.50. The summed E-state index contributed by atoms with van der Waals surface area (Å²) in [5.74, 6) is 0. The van der Waals surface area contributed by atoms with Gasteiger partial charge in [0.25, 0.3) is 0 Å². The smallest absolute Gasteiger partial charge is 0.418 e. The summed E-state index contributed by atoms with van der Waals surface area (Å²) in [5.41, 5.74) is 1.44. The van der Waals surface area contributed by atoms with Gasteiger partial charge in [-0.25, -0.2) is 0 Å². The minimum atomic E-state index is -6.00. The first-order valence-electron chi connectivity index (χ1n) is 4.43. The Bertz CT molecular complexity index is 355. The van der Waals surface area contributed by atoms with Crippen molar-refractivity contribution in [2.45, 2.75) is 6.92 Å². The van der Waals surface area contributed by atoms with Gasteiger partial charge < -0.3 is 22.6 Å². The fraction of sp³-hybridized carbons (Fsp3) is 0.250. The van der Waals surface area contributed by atoms with E-state index in [9.17, 15) is 17.3 Å². The number of anilines is 1. The molecule has 0 fully saturated rings. The number of hydrogen-bond acceptors (Lipinski definition) is 2. The van der Waals surface area contributed by atoms with E-state index in [4.69, 9.17) is 5.39 Å². The van der Waals surface area contributed by atoms with E-state index >= 15 is 0 Å². The fourth-order valence-electron chi connectivity index (χ4n) is 0.901. The van der Waals surface area contributed by atoms with Gasteiger partial charge in [-0.2, -0.15) is 0 Å². The van der Waals surface area contributed by atoms with Crippen molar-refractivity contribution in [1.82, 2.24) is 0 Å². The molecule has 0 saturated carbocycles. The number of diazo groups is 1. The summed E-state index contributed by atoms with van der Waals surface area (Å²) in [5, 5.41) is 11.6. The van der Waals surface area contributed by atoms with Gasteiger partial charge in [0.1, 0.15) is 5.69 Å². The molecule has 1 rings (SSSR count). The van der Waals surface area contributed by atoms with Crippen LogP contribution in [0.15, 0.2) is 24.3 Å². The summed E-state index contributed by atoms with van der Waals surface area (Å²) in [4.78, 5) is 3.13. The lowest BCUT2D eigenvalue weighted by atomic mass is 10.3. The Hall–Kier alpha value is -1.78. The Kier molecular flexibility index (Phi) is 5.92. The van der Waals surface area contributed by atoms with E-state index in [1.165, 1.54) is 0 Å². The van der Waals surface area contributed by atoms with Crippen molar-refractivity contribution in [3.63, 3.8) is 0 Å². The Morgan fingerprint density at radius 1 is 1.25 bits per heavy atom. The second kappa shape index (κ2) is 6.66. The van der Waals surface area contributed by atoms with E-state index in [0.29, 0.717) is 5.69 Å². The summed E-state index contributed by atoms with van der Waals surface area (Å²) >= 11 is 0. The minimum absolute atomic E-state index is 0.578. The van der Waals surface area contributed by atoms with Gasteiger partial charge in [-0.3, -0.25) is 0 Å². The summed E-state index contributed by atoms with van der Waals surface area (Å²) < 4.78 is 39.0. The molecule has 0 aromatic heterocycles. The zero-order chi connectivity index (χ0) is 12.6. The van der Waals surface area contributed by atoms with Gasteiger partial charge in [-0.15, -0.1) is 0 Å². The largest absolute Gasteiger partial charge is 0.673 e. The predicted molar refractivity (Wildman–Crippen MR) is 55.5 cm³/mol.